The summed E-state index contributed by atoms with van der Waals surface area (Å²) in [5, 5.41) is 5.61. The lowest BCUT2D eigenvalue weighted by atomic mass is 9.68. The molecule has 0 unspecified atom stereocenters. The summed E-state index contributed by atoms with van der Waals surface area (Å²) in [5.74, 6) is 1.13. The SMILES string of the molecule is CCNC(=NCCc1cccs1)N1CCC2(CCC2)C1. The second kappa shape index (κ2) is 6.17. The molecule has 1 aromatic rings. The Labute approximate surface area is 126 Å². The zero-order chi connectivity index (χ0) is 13.8. The average Bonchev–Trinajstić information content (AvgIpc) is 3.06. The standard InChI is InChI=1S/C16H25N3S/c1-2-17-15(18-10-6-14-5-3-12-20-14)19-11-9-16(13-19)7-4-8-16/h3,5,12H,2,4,6-11,13H2,1H3,(H,17,18). The van der Waals surface area contributed by atoms with Crippen molar-refractivity contribution in [2.24, 2.45) is 10.4 Å². The van der Waals surface area contributed by atoms with Crippen LogP contribution in [-0.2, 0) is 6.42 Å². The van der Waals surface area contributed by atoms with Crippen LogP contribution in [-0.4, -0.2) is 37.0 Å². The van der Waals surface area contributed by atoms with Gasteiger partial charge in [0, 0.05) is 37.5 Å². The number of aliphatic imine (C=N–C) groups is 1. The van der Waals surface area contributed by atoms with E-state index in [4.69, 9.17) is 4.99 Å². The Morgan fingerprint density at radius 2 is 2.35 bits per heavy atom. The van der Waals surface area contributed by atoms with E-state index in [0.717, 1.165) is 25.5 Å². The van der Waals surface area contributed by atoms with Crippen molar-refractivity contribution in [1.29, 1.82) is 0 Å². The van der Waals surface area contributed by atoms with Gasteiger partial charge in [-0.2, -0.15) is 0 Å². The quantitative estimate of drug-likeness (QED) is 0.682. The highest BCUT2D eigenvalue weighted by Crippen LogP contribution is 2.47. The van der Waals surface area contributed by atoms with Crippen LogP contribution in [0.25, 0.3) is 0 Å². The molecular formula is C16H25N3S. The predicted octanol–water partition coefficient (Wildman–Crippen LogP) is 3.13. The van der Waals surface area contributed by atoms with Gasteiger partial charge < -0.3 is 10.2 Å². The maximum Gasteiger partial charge on any atom is 0.193 e. The monoisotopic (exact) mass is 291 g/mol. The Kier molecular flexibility index (Phi) is 4.29. The highest BCUT2D eigenvalue weighted by atomic mass is 32.1. The molecule has 1 aromatic heterocycles. The minimum Gasteiger partial charge on any atom is -0.357 e. The highest BCUT2D eigenvalue weighted by molar-refractivity contribution is 7.09. The molecule has 2 heterocycles. The number of hydrogen-bond donors (Lipinski definition) is 1. The van der Waals surface area contributed by atoms with Crippen molar-refractivity contribution in [3.63, 3.8) is 0 Å². The fourth-order valence-electron chi connectivity index (χ4n) is 3.35. The molecule has 2 aliphatic rings. The van der Waals surface area contributed by atoms with Gasteiger partial charge in [-0.15, -0.1) is 11.3 Å². The molecule has 0 atom stereocenters. The molecule has 20 heavy (non-hydrogen) atoms. The Morgan fingerprint density at radius 1 is 1.45 bits per heavy atom. The number of rotatable bonds is 4. The van der Waals surface area contributed by atoms with Gasteiger partial charge in [0.15, 0.2) is 5.96 Å². The molecule has 1 saturated heterocycles. The second-order valence-corrected chi connectivity index (χ2v) is 7.12. The number of thiophene rings is 1. The van der Waals surface area contributed by atoms with Gasteiger partial charge in [-0.1, -0.05) is 12.5 Å². The van der Waals surface area contributed by atoms with Crippen LogP contribution in [0.3, 0.4) is 0 Å². The predicted molar refractivity (Wildman–Crippen MR) is 86.5 cm³/mol. The number of nitrogens with zero attached hydrogens (tertiary/aromatic N) is 2. The van der Waals surface area contributed by atoms with Crippen molar-refractivity contribution in [1.82, 2.24) is 10.2 Å². The fraction of sp³-hybridized carbons (Fsp3) is 0.688. The van der Waals surface area contributed by atoms with Crippen LogP contribution < -0.4 is 5.32 Å². The maximum absolute atomic E-state index is 4.83. The van der Waals surface area contributed by atoms with Crippen LogP contribution in [0.2, 0.25) is 0 Å². The molecule has 1 aliphatic carbocycles. The van der Waals surface area contributed by atoms with Gasteiger partial charge in [0.05, 0.1) is 0 Å². The molecule has 0 radical (unpaired) electrons. The molecule has 2 fully saturated rings. The zero-order valence-electron chi connectivity index (χ0n) is 12.4. The van der Waals surface area contributed by atoms with E-state index >= 15 is 0 Å². The summed E-state index contributed by atoms with van der Waals surface area (Å²) in [6.45, 7) is 6.42. The first kappa shape index (κ1) is 13.9. The smallest absolute Gasteiger partial charge is 0.193 e. The number of nitrogens with one attached hydrogen (secondary N) is 1. The van der Waals surface area contributed by atoms with Crippen LogP contribution >= 0.6 is 11.3 Å². The molecule has 1 spiro atoms. The van der Waals surface area contributed by atoms with Gasteiger partial charge >= 0.3 is 0 Å². The van der Waals surface area contributed by atoms with E-state index in [-0.39, 0.29) is 0 Å². The van der Waals surface area contributed by atoms with Crippen LogP contribution in [0.5, 0.6) is 0 Å². The molecular weight excluding hydrogens is 266 g/mol. The van der Waals surface area contributed by atoms with Crippen molar-refractivity contribution in [3.8, 4) is 0 Å². The molecule has 1 N–H and O–H groups in total. The van der Waals surface area contributed by atoms with E-state index in [2.05, 4.69) is 34.7 Å². The van der Waals surface area contributed by atoms with Gasteiger partial charge in [0.1, 0.15) is 0 Å². The summed E-state index contributed by atoms with van der Waals surface area (Å²) >= 11 is 1.83. The van der Waals surface area contributed by atoms with Gasteiger partial charge in [-0.3, -0.25) is 4.99 Å². The Bertz CT molecular complexity index is 448. The summed E-state index contributed by atoms with van der Waals surface area (Å²) in [7, 11) is 0. The molecule has 1 saturated carbocycles. The van der Waals surface area contributed by atoms with E-state index < -0.39 is 0 Å². The Morgan fingerprint density at radius 3 is 2.95 bits per heavy atom. The Hall–Kier alpha value is -1.03. The summed E-state index contributed by atoms with van der Waals surface area (Å²) < 4.78 is 0. The van der Waals surface area contributed by atoms with E-state index in [9.17, 15) is 0 Å². The van der Waals surface area contributed by atoms with Gasteiger partial charge in [-0.05, 0) is 43.0 Å². The summed E-state index contributed by atoms with van der Waals surface area (Å²) in [4.78, 5) is 8.75. The molecule has 3 nitrogen and oxygen atoms in total. The van der Waals surface area contributed by atoms with Crippen LogP contribution in [0.1, 0.15) is 37.5 Å². The third-order valence-electron chi connectivity index (χ3n) is 4.69. The van der Waals surface area contributed by atoms with E-state index in [1.54, 1.807) is 0 Å². The number of hydrogen-bond acceptors (Lipinski definition) is 2. The van der Waals surface area contributed by atoms with Crippen LogP contribution in [0, 0.1) is 5.41 Å². The average molecular weight is 291 g/mol. The van der Waals surface area contributed by atoms with Crippen molar-refractivity contribution in [2.75, 3.05) is 26.2 Å². The van der Waals surface area contributed by atoms with E-state index in [1.807, 2.05) is 11.3 Å². The number of likely N-dealkylation sites (tertiary alicyclic amines) is 1. The largest absolute Gasteiger partial charge is 0.357 e. The van der Waals surface area contributed by atoms with Crippen molar-refractivity contribution in [3.05, 3.63) is 22.4 Å². The minimum atomic E-state index is 0.643. The van der Waals surface area contributed by atoms with Gasteiger partial charge in [0.2, 0.25) is 0 Å². The first-order valence-electron chi connectivity index (χ1n) is 7.87. The molecule has 0 aromatic carbocycles. The number of guanidine groups is 1. The molecule has 4 heteroatoms. The van der Waals surface area contributed by atoms with Crippen LogP contribution in [0.15, 0.2) is 22.5 Å². The fourth-order valence-corrected chi connectivity index (χ4v) is 4.05. The third-order valence-corrected chi connectivity index (χ3v) is 5.62. The molecule has 110 valence electrons. The maximum atomic E-state index is 4.83. The molecule has 0 bridgehead atoms. The lowest BCUT2D eigenvalue weighted by Gasteiger charge is -2.38. The molecule has 0 amide bonds. The van der Waals surface area contributed by atoms with Crippen molar-refractivity contribution >= 4 is 17.3 Å². The normalized spacial score (nSPS) is 21.2. The first-order valence-corrected chi connectivity index (χ1v) is 8.75. The van der Waals surface area contributed by atoms with Gasteiger partial charge in [-0.25, -0.2) is 0 Å². The van der Waals surface area contributed by atoms with Crippen molar-refractivity contribution in [2.45, 2.75) is 39.0 Å². The van der Waals surface area contributed by atoms with E-state index in [0.29, 0.717) is 5.41 Å². The lowest BCUT2D eigenvalue weighted by molar-refractivity contribution is 0.151. The topological polar surface area (TPSA) is 27.6 Å². The van der Waals surface area contributed by atoms with E-state index in [1.165, 1.54) is 43.6 Å². The third kappa shape index (κ3) is 3.00. The minimum absolute atomic E-state index is 0.643. The summed E-state index contributed by atoms with van der Waals surface area (Å²) in [6, 6.07) is 4.32. The first-order chi connectivity index (χ1) is 9.81. The van der Waals surface area contributed by atoms with Gasteiger partial charge in [0.25, 0.3) is 0 Å². The lowest BCUT2D eigenvalue weighted by Crippen LogP contribution is -2.42. The molecule has 1 aliphatic heterocycles. The highest BCUT2D eigenvalue weighted by Gasteiger charge is 2.43. The zero-order valence-corrected chi connectivity index (χ0v) is 13.2. The summed E-state index contributed by atoms with van der Waals surface area (Å²) in [5.41, 5.74) is 0.643. The second-order valence-electron chi connectivity index (χ2n) is 6.09. The van der Waals surface area contributed by atoms with Crippen LogP contribution in [0.4, 0.5) is 0 Å². The summed E-state index contributed by atoms with van der Waals surface area (Å²) in [6.07, 6.45) is 6.71. The molecule has 3 rings (SSSR count). The van der Waals surface area contributed by atoms with Crippen molar-refractivity contribution < 1.29 is 0 Å². The Balaban J connectivity index is 1.57.